The van der Waals surface area contributed by atoms with Crippen LogP contribution in [0.4, 0.5) is 13.2 Å². The number of ether oxygens (including phenoxy) is 1. The lowest BCUT2D eigenvalue weighted by Crippen LogP contribution is -2.61. The lowest BCUT2D eigenvalue weighted by molar-refractivity contribution is -0.312. The van der Waals surface area contributed by atoms with E-state index in [0.717, 1.165) is 0 Å². The van der Waals surface area contributed by atoms with Gasteiger partial charge in [0.15, 0.2) is 0 Å². The summed E-state index contributed by atoms with van der Waals surface area (Å²) < 4.78 is 46.1. The van der Waals surface area contributed by atoms with E-state index in [-0.39, 0.29) is 28.5 Å². The second kappa shape index (κ2) is 5.77. The van der Waals surface area contributed by atoms with Crippen molar-refractivity contribution in [2.75, 3.05) is 7.11 Å². The summed E-state index contributed by atoms with van der Waals surface area (Å²) in [5, 5.41) is 14.5. The van der Waals surface area contributed by atoms with E-state index < -0.39 is 23.7 Å². The first kappa shape index (κ1) is 16.8. The fourth-order valence-corrected chi connectivity index (χ4v) is 3.35. The highest BCUT2D eigenvalue weighted by Gasteiger charge is 2.68. The molecule has 2 atom stereocenters. The van der Waals surface area contributed by atoms with Crippen molar-refractivity contribution in [3.63, 3.8) is 0 Å². The summed E-state index contributed by atoms with van der Waals surface area (Å²) in [6.45, 7) is 0. The Hall–Kier alpha value is -2.09. The zero-order valence-electron chi connectivity index (χ0n) is 13.0. The molecule has 1 fully saturated rings. The Kier molecular flexibility index (Phi) is 4.03. The Labute approximate surface area is 136 Å². The molecule has 0 unspecified atom stereocenters. The minimum Gasteiger partial charge on any atom is -0.496 e. The van der Waals surface area contributed by atoms with Crippen LogP contribution in [0.25, 0.3) is 0 Å². The van der Waals surface area contributed by atoms with Gasteiger partial charge in [-0.2, -0.15) is 23.3 Å². The molecule has 0 aromatic heterocycles. The molecule has 1 amide bonds. The number of nitrogens with zero attached hydrogens (tertiary/aromatic N) is 2. The smallest absolute Gasteiger partial charge is 0.439 e. The Bertz CT molecular complexity index is 689. The molecule has 0 spiro atoms. The normalized spacial score (nSPS) is 26.8. The number of carbonyl (C=O) groups excluding carboxylic acids is 1. The number of hydrogen-bond donors (Lipinski definition) is 1. The number of amides is 1. The maximum Gasteiger partial charge on any atom is 0.439 e. The molecule has 130 valence electrons. The number of methoxy groups -OCH3 is 1. The summed E-state index contributed by atoms with van der Waals surface area (Å²) in [6, 6.07) is 5.93. The van der Waals surface area contributed by atoms with Crippen LogP contribution in [0.3, 0.4) is 0 Å². The lowest BCUT2D eigenvalue weighted by Gasteiger charge is -2.38. The summed E-state index contributed by atoms with van der Waals surface area (Å²) in [4.78, 5) is 12.7. The number of hydrogen-bond acceptors (Lipinski definition) is 4. The van der Waals surface area contributed by atoms with Crippen LogP contribution in [0.1, 0.15) is 36.0 Å². The largest absolute Gasteiger partial charge is 0.496 e. The maximum absolute atomic E-state index is 13.7. The van der Waals surface area contributed by atoms with Crippen LogP contribution in [0.5, 0.6) is 5.75 Å². The van der Waals surface area contributed by atoms with Gasteiger partial charge >= 0.3 is 6.18 Å². The van der Waals surface area contributed by atoms with Gasteiger partial charge in [0.05, 0.1) is 18.6 Å². The standard InChI is InChI=1S/C16H17F3N2O3/c1-24-13-9-5-2-6-10(13)14(22)21-15(23,16(17,18)19)11-7-3-4-8-12(11)20-21/h2,5-6,9,11,23H,3-4,7-8H2,1H3/t11-,15-/m0/s1. The molecule has 24 heavy (non-hydrogen) atoms. The minimum atomic E-state index is -5.02. The second-order valence-electron chi connectivity index (χ2n) is 5.93. The molecule has 1 aliphatic heterocycles. The van der Waals surface area contributed by atoms with Crippen molar-refractivity contribution < 1.29 is 27.8 Å². The van der Waals surface area contributed by atoms with Gasteiger partial charge in [0.25, 0.3) is 11.6 Å². The number of alkyl halides is 3. The fourth-order valence-electron chi connectivity index (χ4n) is 3.35. The molecular formula is C16H17F3N2O3. The predicted octanol–water partition coefficient (Wildman–Crippen LogP) is 2.95. The summed E-state index contributed by atoms with van der Waals surface area (Å²) in [7, 11) is 1.32. The van der Waals surface area contributed by atoms with Gasteiger partial charge < -0.3 is 9.84 Å². The molecule has 0 radical (unpaired) electrons. The van der Waals surface area contributed by atoms with Gasteiger partial charge in [0, 0.05) is 5.71 Å². The van der Waals surface area contributed by atoms with Crippen molar-refractivity contribution in [3.05, 3.63) is 29.8 Å². The number of halogens is 3. The van der Waals surface area contributed by atoms with E-state index in [9.17, 15) is 23.1 Å². The predicted molar refractivity (Wildman–Crippen MR) is 79.6 cm³/mol. The molecule has 8 heteroatoms. The van der Waals surface area contributed by atoms with Gasteiger partial charge in [-0.15, -0.1) is 0 Å². The summed E-state index contributed by atoms with van der Waals surface area (Å²) in [5.74, 6) is -2.12. The van der Waals surface area contributed by atoms with E-state index in [1.165, 1.54) is 25.3 Å². The van der Waals surface area contributed by atoms with E-state index in [1.807, 2.05) is 0 Å². The molecule has 2 aliphatic rings. The average molecular weight is 342 g/mol. The average Bonchev–Trinajstić information content (AvgIpc) is 2.88. The first-order valence-corrected chi connectivity index (χ1v) is 7.64. The number of rotatable bonds is 2. The minimum absolute atomic E-state index is 0.0781. The van der Waals surface area contributed by atoms with Crippen LogP contribution in [0.2, 0.25) is 0 Å². The van der Waals surface area contributed by atoms with E-state index >= 15 is 0 Å². The van der Waals surface area contributed by atoms with Crippen LogP contribution in [-0.4, -0.2) is 40.7 Å². The fraction of sp³-hybridized carbons (Fsp3) is 0.500. The SMILES string of the molecule is COc1ccccc1C(=O)N1N=C2CCCC[C@@H]2[C@]1(O)C(F)(F)F. The molecule has 1 aromatic carbocycles. The first-order valence-electron chi connectivity index (χ1n) is 7.64. The van der Waals surface area contributed by atoms with Gasteiger partial charge in [-0.05, 0) is 31.4 Å². The molecule has 5 nitrogen and oxygen atoms in total. The van der Waals surface area contributed by atoms with Crippen LogP contribution in [0, 0.1) is 5.92 Å². The van der Waals surface area contributed by atoms with Gasteiger partial charge in [-0.1, -0.05) is 18.6 Å². The van der Waals surface area contributed by atoms with Crippen molar-refractivity contribution in [2.45, 2.75) is 37.6 Å². The zero-order chi connectivity index (χ0) is 17.5. The van der Waals surface area contributed by atoms with Crippen molar-refractivity contribution >= 4 is 11.6 Å². The van der Waals surface area contributed by atoms with Crippen molar-refractivity contribution in [2.24, 2.45) is 11.0 Å². The molecule has 1 N–H and O–H groups in total. The van der Waals surface area contributed by atoms with Crippen LogP contribution in [0.15, 0.2) is 29.4 Å². The second-order valence-corrected chi connectivity index (χ2v) is 5.93. The first-order chi connectivity index (χ1) is 11.3. The Balaban J connectivity index is 2.07. The maximum atomic E-state index is 13.7. The highest BCUT2D eigenvalue weighted by atomic mass is 19.4. The van der Waals surface area contributed by atoms with Crippen molar-refractivity contribution in [1.29, 1.82) is 0 Å². The molecule has 1 aromatic rings. The van der Waals surface area contributed by atoms with E-state index in [4.69, 9.17) is 4.74 Å². The third-order valence-corrected chi connectivity index (χ3v) is 4.56. The summed E-state index contributed by atoms with van der Waals surface area (Å²) in [5.41, 5.74) is -3.17. The van der Waals surface area contributed by atoms with Gasteiger partial charge in [-0.3, -0.25) is 4.79 Å². The number of aliphatic hydroxyl groups is 1. The molecule has 3 rings (SSSR count). The number of fused-ring (bicyclic) bond motifs is 1. The third-order valence-electron chi connectivity index (χ3n) is 4.56. The molecular weight excluding hydrogens is 325 g/mol. The Morgan fingerprint density at radius 2 is 2.08 bits per heavy atom. The highest BCUT2D eigenvalue weighted by Crippen LogP contribution is 2.48. The van der Waals surface area contributed by atoms with Crippen LogP contribution >= 0.6 is 0 Å². The van der Waals surface area contributed by atoms with Crippen LogP contribution < -0.4 is 4.74 Å². The Morgan fingerprint density at radius 1 is 1.38 bits per heavy atom. The van der Waals surface area contributed by atoms with Crippen molar-refractivity contribution in [3.8, 4) is 5.75 Å². The number of carbonyl (C=O) groups is 1. The van der Waals surface area contributed by atoms with Gasteiger partial charge in [-0.25, -0.2) is 0 Å². The number of benzene rings is 1. The van der Waals surface area contributed by atoms with E-state index in [0.29, 0.717) is 19.3 Å². The quantitative estimate of drug-likeness (QED) is 0.899. The van der Waals surface area contributed by atoms with E-state index in [2.05, 4.69) is 5.10 Å². The highest BCUT2D eigenvalue weighted by molar-refractivity contribution is 6.01. The Morgan fingerprint density at radius 3 is 2.75 bits per heavy atom. The zero-order valence-corrected chi connectivity index (χ0v) is 13.0. The van der Waals surface area contributed by atoms with Crippen molar-refractivity contribution in [1.82, 2.24) is 5.01 Å². The molecule has 0 bridgehead atoms. The van der Waals surface area contributed by atoms with Gasteiger partial charge in [0.2, 0.25) is 0 Å². The number of hydrazone groups is 1. The topological polar surface area (TPSA) is 62.1 Å². The summed E-state index contributed by atoms with van der Waals surface area (Å²) >= 11 is 0. The molecule has 1 heterocycles. The molecule has 0 saturated heterocycles. The monoisotopic (exact) mass is 342 g/mol. The summed E-state index contributed by atoms with van der Waals surface area (Å²) in [6.07, 6.45) is -3.28. The lowest BCUT2D eigenvalue weighted by atomic mass is 9.80. The molecule has 1 aliphatic carbocycles. The third kappa shape index (κ3) is 2.36. The number of para-hydroxylation sites is 1. The molecule has 1 saturated carbocycles. The van der Waals surface area contributed by atoms with E-state index in [1.54, 1.807) is 6.07 Å². The van der Waals surface area contributed by atoms with Gasteiger partial charge in [0.1, 0.15) is 5.75 Å². The van der Waals surface area contributed by atoms with Crippen LogP contribution in [-0.2, 0) is 0 Å².